The van der Waals surface area contributed by atoms with Gasteiger partial charge in [-0.3, -0.25) is 4.98 Å². The third-order valence-electron chi connectivity index (χ3n) is 4.32. The van der Waals surface area contributed by atoms with E-state index in [2.05, 4.69) is 47.7 Å². The maximum atomic E-state index is 4.59. The van der Waals surface area contributed by atoms with Crippen LogP contribution in [-0.2, 0) is 0 Å². The summed E-state index contributed by atoms with van der Waals surface area (Å²) in [5, 5.41) is 7.33. The Balaban J connectivity index is 1.81. The van der Waals surface area contributed by atoms with Crippen LogP contribution in [0, 0.1) is 6.92 Å². The number of hydrogen-bond donors (Lipinski definition) is 2. The first-order chi connectivity index (χ1) is 9.75. The van der Waals surface area contributed by atoms with Gasteiger partial charge in [0.2, 0.25) is 0 Å². The van der Waals surface area contributed by atoms with Crippen molar-refractivity contribution in [2.24, 2.45) is 0 Å². The number of piperidine rings is 1. The van der Waals surface area contributed by atoms with Crippen molar-refractivity contribution in [1.82, 2.24) is 15.6 Å². The molecule has 1 fully saturated rings. The average molecular weight is 269 g/mol. The molecule has 0 bridgehead atoms. The maximum absolute atomic E-state index is 4.59. The Morgan fingerprint density at radius 2 is 2.05 bits per heavy atom. The van der Waals surface area contributed by atoms with E-state index in [1.807, 2.05) is 12.3 Å². The molecule has 2 atom stereocenters. The van der Waals surface area contributed by atoms with Crippen LogP contribution in [0.3, 0.4) is 0 Å². The first-order valence-corrected chi connectivity index (χ1v) is 7.54. The lowest BCUT2D eigenvalue weighted by molar-refractivity contribution is 0.337. The zero-order valence-electron chi connectivity index (χ0n) is 12.3. The molecule has 2 unspecified atom stereocenters. The van der Waals surface area contributed by atoms with Gasteiger partial charge in [0.25, 0.3) is 0 Å². The minimum atomic E-state index is 0.378. The number of rotatable bonds is 2. The molecule has 1 saturated heterocycles. The van der Waals surface area contributed by atoms with Crippen LogP contribution in [0.15, 0.2) is 41.8 Å². The van der Waals surface area contributed by atoms with Crippen LogP contribution in [0.1, 0.15) is 43.5 Å². The van der Waals surface area contributed by atoms with Crippen molar-refractivity contribution in [3.8, 4) is 0 Å². The van der Waals surface area contributed by atoms with Gasteiger partial charge in [-0.2, -0.15) is 0 Å². The minimum Gasteiger partial charge on any atom is -0.383 e. The van der Waals surface area contributed by atoms with Gasteiger partial charge < -0.3 is 10.6 Å². The molecule has 0 saturated carbocycles. The summed E-state index contributed by atoms with van der Waals surface area (Å²) in [4.78, 5) is 4.59. The van der Waals surface area contributed by atoms with Crippen molar-refractivity contribution in [3.63, 3.8) is 0 Å². The molecular formula is C17H23N3. The molecule has 2 aliphatic heterocycles. The monoisotopic (exact) mass is 269 g/mol. The van der Waals surface area contributed by atoms with Crippen LogP contribution in [0.5, 0.6) is 0 Å². The summed E-state index contributed by atoms with van der Waals surface area (Å²) in [5.41, 5.74) is 5.22. The van der Waals surface area contributed by atoms with Crippen LogP contribution in [0.2, 0.25) is 0 Å². The summed E-state index contributed by atoms with van der Waals surface area (Å²) >= 11 is 0. The Hall–Kier alpha value is -1.61. The molecule has 0 radical (unpaired) electrons. The van der Waals surface area contributed by atoms with E-state index in [0.717, 1.165) is 6.54 Å². The van der Waals surface area contributed by atoms with E-state index in [9.17, 15) is 0 Å². The quantitative estimate of drug-likeness (QED) is 0.866. The Bertz CT molecular complexity index is 545. The normalized spacial score (nSPS) is 26.5. The summed E-state index contributed by atoms with van der Waals surface area (Å²) in [6.45, 7) is 5.28. The fraction of sp³-hybridized carbons (Fsp3) is 0.471. The largest absolute Gasteiger partial charge is 0.383 e. The van der Waals surface area contributed by atoms with Crippen molar-refractivity contribution in [2.45, 2.75) is 45.2 Å². The second-order valence-corrected chi connectivity index (χ2v) is 5.79. The molecule has 3 heteroatoms. The molecular weight excluding hydrogens is 246 g/mol. The lowest BCUT2D eigenvalue weighted by Gasteiger charge is -2.34. The lowest BCUT2D eigenvalue weighted by Crippen LogP contribution is -2.43. The van der Waals surface area contributed by atoms with Gasteiger partial charge in [0.1, 0.15) is 0 Å². The van der Waals surface area contributed by atoms with Crippen LogP contribution < -0.4 is 10.6 Å². The second kappa shape index (κ2) is 5.80. The number of nitrogens with zero attached hydrogens (tertiary/aromatic N) is 1. The molecule has 1 aromatic rings. The van der Waals surface area contributed by atoms with Crippen LogP contribution in [0.25, 0.3) is 0 Å². The number of dihydropyridines is 1. The van der Waals surface area contributed by atoms with Crippen molar-refractivity contribution in [1.29, 1.82) is 0 Å². The molecule has 3 nitrogen and oxygen atoms in total. The molecule has 1 aromatic heterocycles. The predicted octanol–water partition coefficient (Wildman–Crippen LogP) is 3.01. The van der Waals surface area contributed by atoms with E-state index >= 15 is 0 Å². The fourth-order valence-electron chi connectivity index (χ4n) is 3.27. The Morgan fingerprint density at radius 1 is 1.20 bits per heavy atom. The van der Waals surface area contributed by atoms with Gasteiger partial charge in [-0.05, 0) is 50.3 Å². The molecule has 0 aromatic carbocycles. The molecule has 3 rings (SSSR count). The van der Waals surface area contributed by atoms with E-state index in [1.165, 1.54) is 41.8 Å². The summed E-state index contributed by atoms with van der Waals surface area (Å²) in [6.07, 6.45) is 9.94. The van der Waals surface area contributed by atoms with E-state index in [-0.39, 0.29) is 0 Å². The topological polar surface area (TPSA) is 37.0 Å². The molecule has 2 N–H and O–H groups in total. The first-order valence-electron chi connectivity index (χ1n) is 7.54. The number of hydrogen-bond acceptors (Lipinski definition) is 3. The summed E-state index contributed by atoms with van der Waals surface area (Å²) in [5.74, 6) is 0. The summed E-state index contributed by atoms with van der Waals surface area (Å²) in [7, 11) is 0. The fourth-order valence-corrected chi connectivity index (χ4v) is 3.27. The molecule has 0 spiro atoms. The van der Waals surface area contributed by atoms with Gasteiger partial charge in [0, 0.05) is 24.5 Å². The number of allylic oxidation sites excluding steroid dienone is 2. The highest BCUT2D eigenvalue weighted by molar-refractivity contribution is 5.31. The van der Waals surface area contributed by atoms with E-state index in [0.29, 0.717) is 12.1 Å². The summed E-state index contributed by atoms with van der Waals surface area (Å²) < 4.78 is 0. The number of aryl methyl sites for hydroxylation is 1. The van der Waals surface area contributed by atoms with Crippen molar-refractivity contribution in [2.75, 3.05) is 6.54 Å². The standard InChI is InChI=1S/C17H23N3/c1-12-6-4-10-18-16(12)14-8-3-9-15(20-14)17-13(2)7-5-11-19-17/h4-7,10,14-15,19-20H,3,8-9,11H2,1-2H3. The van der Waals surface area contributed by atoms with Gasteiger partial charge in [0.05, 0.1) is 11.7 Å². The van der Waals surface area contributed by atoms with Crippen molar-refractivity contribution < 1.29 is 0 Å². The average Bonchev–Trinajstić information content (AvgIpc) is 2.48. The van der Waals surface area contributed by atoms with Crippen molar-refractivity contribution >= 4 is 0 Å². The number of pyridine rings is 1. The van der Waals surface area contributed by atoms with Gasteiger partial charge in [-0.15, -0.1) is 0 Å². The lowest BCUT2D eigenvalue weighted by atomic mass is 9.91. The Labute approximate surface area is 121 Å². The number of aromatic nitrogens is 1. The highest BCUT2D eigenvalue weighted by Crippen LogP contribution is 2.29. The minimum absolute atomic E-state index is 0.378. The molecule has 0 aliphatic carbocycles. The van der Waals surface area contributed by atoms with Crippen LogP contribution in [0.4, 0.5) is 0 Å². The van der Waals surface area contributed by atoms with Gasteiger partial charge >= 0.3 is 0 Å². The molecule has 0 amide bonds. The molecule has 106 valence electrons. The highest BCUT2D eigenvalue weighted by Gasteiger charge is 2.27. The van der Waals surface area contributed by atoms with E-state index < -0.39 is 0 Å². The summed E-state index contributed by atoms with van der Waals surface area (Å²) in [6, 6.07) is 4.97. The predicted molar refractivity (Wildman–Crippen MR) is 82.3 cm³/mol. The van der Waals surface area contributed by atoms with Crippen LogP contribution >= 0.6 is 0 Å². The third kappa shape index (κ3) is 2.63. The van der Waals surface area contributed by atoms with Crippen molar-refractivity contribution in [3.05, 3.63) is 53.0 Å². The van der Waals surface area contributed by atoms with E-state index in [1.54, 1.807) is 0 Å². The third-order valence-corrected chi connectivity index (χ3v) is 4.32. The zero-order chi connectivity index (χ0) is 13.9. The smallest absolute Gasteiger partial charge is 0.0602 e. The van der Waals surface area contributed by atoms with Gasteiger partial charge in [-0.1, -0.05) is 18.2 Å². The first kappa shape index (κ1) is 13.4. The molecule has 20 heavy (non-hydrogen) atoms. The van der Waals surface area contributed by atoms with Crippen LogP contribution in [-0.4, -0.2) is 17.6 Å². The number of nitrogens with one attached hydrogen (secondary N) is 2. The molecule has 3 heterocycles. The Kier molecular flexibility index (Phi) is 3.88. The Morgan fingerprint density at radius 3 is 2.85 bits per heavy atom. The van der Waals surface area contributed by atoms with E-state index in [4.69, 9.17) is 0 Å². The highest BCUT2D eigenvalue weighted by atomic mass is 15.0. The second-order valence-electron chi connectivity index (χ2n) is 5.79. The van der Waals surface area contributed by atoms with Gasteiger partial charge in [0.15, 0.2) is 0 Å². The van der Waals surface area contributed by atoms with Gasteiger partial charge in [-0.25, -0.2) is 0 Å². The maximum Gasteiger partial charge on any atom is 0.0602 e. The SMILES string of the molecule is CC1=C(C2CCCC(c3ncccc3C)N2)NCC=C1. The zero-order valence-corrected chi connectivity index (χ0v) is 12.3. The molecule has 2 aliphatic rings.